The summed E-state index contributed by atoms with van der Waals surface area (Å²) in [7, 11) is 0. The lowest BCUT2D eigenvalue weighted by Gasteiger charge is -2.14. The maximum Gasteiger partial charge on any atom is 0.272 e. The molecule has 1 aliphatic heterocycles. The van der Waals surface area contributed by atoms with Gasteiger partial charge in [-0.05, 0) is 60.2 Å². The Balaban J connectivity index is 1.31. The number of anilines is 1. The number of carbonyl (C=O) groups is 4. The second-order valence-corrected chi connectivity index (χ2v) is 10.2. The van der Waals surface area contributed by atoms with Gasteiger partial charge in [0.15, 0.2) is 0 Å². The summed E-state index contributed by atoms with van der Waals surface area (Å²) >= 11 is 7.59. The van der Waals surface area contributed by atoms with Gasteiger partial charge in [0, 0.05) is 21.2 Å². The highest BCUT2D eigenvalue weighted by molar-refractivity contribution is 7.99. The lowest BCUT2D eigenvalue weighted by molar-refractivity contribution is -0.113. The summed E-state index contributed by atoms with van der Waals surface area (Å²) in [6.07, 6.45) is 1.51. The van der Waals surface area contributed by atoms with E-state index in [4.69, 9.17) is 11.6 Å². The lowest BCUT2D eigenvalue weighted by Crippen LogP contribution is -2.30. The summed E-state index contributed by atoms with van der Waals surface area (Å²) in [5, 5.41) is 5.93. The van der Waals surface area contributed by atoms with Gasteiger partial charge in [-0.1, -0.05) is 66.2 Å². The number of fused-ring (bicyclic) bond motifs is 1. The third-order valence-corrected chi connectivity index (χ3v) is 7.38. The van der Waals surface area contributed by atoms with Crippen molar-refractivity contribution in [2.45, 2.75) is 4.90 Å². The van der Waals surface area contributed by atoms with Crippen LogP contribution in [-0.2, 0) is 4.79 Å². The molecule has 2 N–H and O–H groups in total. The molecule has 0 unspecified atom stereocenters. The van der Waals surface area contributed by atoms with Crippen LogP contribution in [0.3, 0.4) is 0 Å². The molecular formula is C31H22ClN3O4S. The zero-order valence-electron chi connectivity index (χ0n) is 21.0. The Kier molecular flexibility index (Phi) is 8.10. The number of nitrogens with one attached hydrogen (secondary N) is 2. The number of hydrogen-bond donors (Lipinski definition) is 2. The third kappa shape index (κ3) is 5.98. The highest BCUT2D eigenvalue weighted by Gasteiger charge is 2.34. The van der Waals surface area contributed by atoms with E-state index in [2.05, 4.69) is 10.6 Å². The average Bonchev–Trinajstić information content (AvgIpc) is 3.22. The van der Waals surface area contributed by atoms with Crippen molar-refractivity contribution < 1.29 is 19.2 Å². The van der Waals surface area contributed by atoms with Crippen molar-refractivity contribution in [1.82, 2.24) is 10.2 Å². The monoisotopic (exact) mass is 567 g/mol. The molecule has 1 aliphatic rings. The van der Waals surface area contributed by atoms with E-state index in [1.807, 2.05) is 6.07 Å². The second kappa shape index (κ2) is 12.0. The molecule has 7 nitrogen and oxygen atoms in total. The number of hydrogen-bond acceptors (Lipinski definition) is 5. The molecule has 0 saturated carbocycles. The van der Waals surface area contributed by atoms with Crippen LogP contribution in [0.1, 0.15) is 36.6 Å². The van der Waals surface area contributed by atoms with Gasteiger partial charge in [0.1, 0.15) is 5.70 Å². The smallest absolute Gasteiger partial charge is 0.272 e. The fourth-order valence-electron chi connectivity index (χ4n) is 4.05. The van der Waals surface area contributed by atoms with Gasteiger partial charge in [-0.3, -0.25) is 24.1 Å². The molecule has 0 saturated heterocycles. The van der Waals surface area contributed by atoms with E-state index in [-0.39, 0.29) is 23.4 Å². The number of amides is 4. The van der Waals surface area contributed by atoms with Crippen LogP contribution < -0.4 is 10.6 Å². The predicted molar refractivity (Wildman–Crippen MR) is 156 cm³/mol. The van der Waals surface area contributed by atoms with Crippen molar-refractivity contribution in [3.05, 3.63) is 136 Å². The molecule has 198 valence electrons. The molecule has 0 radical (unpaired) electrons. The Labute approximate surface area is 239 Å². The van der Waals surface area contributed by atoms with Crippen molar-refractivity contribution >= 4 is 58.8 Å². The van der Waals surface area contributed by atoms with Crippen LogP contribution in [-0.4, -0.2) is 34.4 Å². The standard InChI is InChI=1S/C31H22ClN3O4S/c32-26-16-7-4-11-21(26)17-27(34-28(36)20-9-2-1-3-10-20)29(37)33-22-12-8-13-23(18-22)40-19-35-30(38)24-14-5-6-15-25(24)31(35)39/h1-18H,19H2,(H,33,37)(H,34,36)/b27-17-. The number of rotatable bonds is 8. The van der Waals surface area contributed by atoms with Gasteiger partial charge in [0.05, 0.1) is 17.0 Å². The van der Waals surface area contributed by atoms with Crippen molar-refractivity contribution in [2.75, 3.05) is 11.2 Å². The van der Waals surface area contributed by atoms with E-state index in [0.29, 0.717) is 33.0 Å². The van der Waals surface area contributed by atoms with Crippen molar-refractivity contribution in [2.24, 2.45) is 0 Å². The SMILES string of the molecule is O=C(Nc1cccc(SCN2C(=O)c3ccccc3C2=O)c1)/C(=C/c1ccccc1Cl)NC(=O)c1ccccc1. The number of imide groups is 1. The number of benzene rings is 4. The topological polar surface area (TPSA) is 95.6 Å². The van der Waals surface area contributed by atoms with Gasteiger partial charge >= 0.3 is 0 Å². The van der Waals surface area contributed by atoms with Crippen LogP contribution in [0.25, 0.3) is 6.08 Å². The number of nitrogens with zero attached hydrogens (tertiary/aromatic N) is 1. The minimum atomic E-state index is -0.549. The first-order chi connectivity index (χ1) is 19.4. The summed E-state index contributed by atoms with van der Waals surface area (Å²) in [5.74, 6) is -1.54. The molecule has 0 aliphatic carbocycles. The van der Waals surface area contributed by atoms with Crippen LogP contribution in [0.15, 0.2) is 114 Å². The molecule has 0 atom stereocenters. The van der Waals surface area contributed by atoms with Gasteiger partial charge in [0.2, 0.25) is 0 Å². The Bertz CT molecular complexity index is 1620. The number of halogens is 1. The summed E-state index contributed by atoms with van der Waals surface area (Å²) in [4.78, 5) is 53.5. The highest BCUT2D eigenvalue weighted by atomic mass is 35.5. The second-order valence-electron chi connectivity index (χ2n) is 8.74. The van der Waals surface area contributed by atoms with E-state index in [9.17, 15) is 19.2 Å². The zero-order valence-corrected chi connectivity index (χ0v) is 22.5. The van der Waals surface area contributed by atoms with Gasteiger partial charge in [-0.15, -0.1) is 11.8 Å². The molecule has 0 spiro atoms. The van der Waals surface area contributed by atoms with E-state index >= 15 is 0 Å². The summed E-state index contributed by atoms with van der Waals surface area (Å²) in [6, 6.07) is 29.3. The highest BCUT2D eigenvalue weighted by Crippen LogP contribution is 2.28. The maximum absolute atomic E-state index is 13.3. The predicted octanol–water partition coefficient (Wildman–Crippen LogP) is 6.10. The molecule has 0 aromatic heterocycles. The first-order valence-electron chi connectivity index (χ1n) is 12.2. The Morgan fingerprint density at radius 2 is 1.45 bits per heavy atom. The Morgan fingerprint density at radius 3 is 2.15 bits per heavy atom. The van der Waals surface area contributed by atoms with Gasteiger partial charge in [-0.2, -0.15) is 0 Å². The van der Waals surface area contributed by atoms with Gasteiger partial charge in [0.25, 0.3) is 23.6 Å². The Hall–Kier alpha value is -4.66. The van der Waals surface area contributed by atoms with Crippen LogP contribution in [0.5, 0.6) is 0 Å². The lowest BCUT2D eigenvalue weighted by atomic mass is 10.1. The fourth-order valence-corrected chi connectivity index (χ4v) is 5.14. The van der Waals surface area contributed by atoms with E-state index in [1.54, 1.807) is 97.1 Å². The third-order valence-electron chi connectivity index (χ3n) is 6.06. The molecule has 1 heterocycles. The molecule has 9 heteroatoms. The van der Waals surface area contributed by atoms with E-state index in [0.717, 1.165) is 4.90 Å². The summed E-state index contributed by atoms with van der Waals surface area (Å²) in [6.45, 7) is 0. The van der Waals surface area contributed by atoms with Crippen molar-refractivity contribution in [3.8, 4) is 0 Å². The fraction of sp³-hybridized carbons (Fsp3) is 0.0323. The van der Waals surface area contributed by atoms with Crippen LogP contribution in [0.2, 0.25) is 5.02 Å². The van der Waals surface area contributed by atoms with Gasteiger partial charge in [-0.25, -0.2) is 0 Å². The minimum absolute atomic E-state index is 0.00559. The zero-order chi connectivity index (χ0) is 28.1. The molecule has 40 heavy (non-hydrogen) atoms. The molecule has 4 amide bonds. The normalized spacial score (nSPS) is 12.7. The first kappa shape index (κ1) is 26.9. The van der Waals surface area contributed by atoms with E-state index < -0.39 is 11.8 Å². The number of carbonyl (C=O) groups excluding carboxylic acids is 4. The summed E-state index contributed by atoms with van der Waals surface area (Å²) < 4.78 is 0. The molecule has 4 aromatic rings. The Morgan fingerprint density at radius 1 is 0.800 bits per heavy atom. The number of thioether (sulfide) groups is 1. The van der Waals surface area contributed by atoms with Gasteiger partial charge < -0.3 is 10.6 Å². The van der Waals surface area contributed by atoms with Crippen molar-refractivity contribution in [3.63, 3.8) is 0 Å². The van der Waals surface area contributed by atoms with Crippen LogP contribution in [0.4, 0.5) is 5.69 Å². The molecule has 4 aromatic carbocycles. The molecule has 5 rings (SSSR count). The minimum Gasteiger partial charge on any atom is -0.321 e. The maximum atomic E-state index is 13.3. The van der Waals surface area contributed by atoms with Crippen LogP contribution in [0, 0.1) is 0 Å². The van der Waals surface area contributed by atoms with Crippen LogP contribution >= 0.6 is 23.4 Å². The molecular weight excluding hydrogens is 546 g/mol. The van der Waals surface area contributed by atoms with Crippen molar-refractivity contribution in [1.29, 1.82) is 0 Å². The first-order valence-corrected chi connectivity index (χ1v) is 13.6. The summed E-state index contributed by atoms with van der Waals surface area (Å²) in [5.41, 5.74) is 2.22. The van der Waals surface area contributed by atoms with E-state index in [1.165, 1.54) is 22.7 Å². The molecule has 0 fully saturated rings. The quantitative estimate of drug-likeness (QED) is 0.152. The largest absolute Gasteiger partial charge is 0.321 e. The molecule has 0 bridgehead atoms. The average molecular weight is 568 g/mol.